The van der Waals surface area contributed by atoms with Crippen molar-refractivity contribution < 1.29 is 5.11 Å². The van der Waals surface area contributed by atoms with Gasteiger partial charge in [-0.05, 0) is 80.5 Å². The Morgan fingerprint density at radius 2 is 1.83 bits per heavy atom. The van der Waals surface area contributed by atoms with Crippen LogP contribution in [0.15, 0.2) is 0 Å². The number of halogens is 1. The summed E-state index contributed by atoms with van der Waals surface area (Å²) in [7, 11) is 0. The fourth-order valence-electron chi connectivity index (χ4n) is 8.02. The fourth-order valence-corrected chi connectivity index (χ4v) is 8.82. The number of fused-ring (bicyclic) bond motifs is 5. The highest BCUT2D eigenvalue weighted by Crippen LogP contribution is 2.69. The predicted molar refractivity (Wildman–Crippen MR) is 96.6 cm³/mol. The lowest BCUT2D eigenvalue weighted by atomic mass is 9.44. The Balaban J connectivity index is 1.70. The monoisotopic (exact) mass is 338 g/mol. The zero-order valence-electron chi connectivity index (χ0n) is 15.3. The molecule has 0 spiro atoms. The van der Waals surface area contributed by atoms with Crippen molar-refractivity contribution in [3.05, 3.63) is 0 Å². The lowest BCUT2D eigenvalue weighted by Gasteiger charge is -2.62. The van der Waals surface area contributed by atoms with E-state index >= 15 is 0 Å². The van der Waals surface area contributed by atoms with E-state index in [1.54, 1.807) is 0 Å². The summed E-state index contributed by atoms with van der Waals surface area (Å²) in [6.45, 7) is 7.12. The van der Waals surface area contributed by atoms with Gasteiger partial charge in [-0.3, -0.25) is 0 Å². The van der Waals surface area contributed by atoms with E-state index in [4.69, 9.17) is 11.6 Å². The maximum Gasteiger partial charge on any atom is 0.0701 e. The van der Waals surface area contributed by atoms with Crippen molar-refractivity contribution in [3.63, 3.8) is 0 Å². The molecule has 0 bridgehead atoms. The first-order valence-electron chi connectivity index (χ1n) is 10.2. The Hall–Kier alpha value is 0.250. The van der Waals surface area contributed by atoms with E-state index in [-0.39, 0.29) is 10.8 Å². The first kappa shape index (κ1) is 16.7. The second-order valence-electron chi connectivity index (χ2n) is 9.88. The van der Waals surface area contributed by atoms with Crippen molar-refractivity contribution in [2.24, 2.45) is 34.5 Å². The molecule has 4 saturated carbocycles. The molecule has 1 nitrogen and oxygen atoms in total. The first-order chi connectivity index (χ1) is 10.9. The molecule has 4 rings (SSSR count). The SMILES string of the molecule is CC[C@@]1(O)CC[C@H]2[C@@H]3CCC4CCCC[C@]4(C)[C@H]3[C@@H](Cl)C[C@@]21C. The number of alkyl halides is 1. The van der Waals surface area contributed by atoms with Crippen LogP contribution in [-0.2, 0) is 0 Å². The van der Waals surface area contributed by atoms with Crippen molar-refractivity contribution >= 4 is 11.6 Å². The summed E-state index contributed by atoms with van der Waals surface area (Å²) in [6, 6.07) is 0. The van der Waals surface area contributed by atoms with Crippen molar-refractivity contribution in [2.45, 2.75) is 96.0 Å². The van der Waals surface area contributed by atoms with Crippen molar-refractivity contribution in [2.75, 3.05) is 0 Å². The largest absolute Gasteiger partial charge is 0.389 e. The van der Waals surface area contributed by atoms with E-state index in [9.17, 15) is 5.11 Å². The standard InChI is InChI=1S/C21H35ClO/c1-4-21(23)12-10-16-15-9-8-14-7-5-6-11-19(14,2)18(15)17(22)13-20(16,21)3/h14-18,23H,4-13H2,1-3H3/t14?,15-,16-,17-,18+,19-,20-,21+/m0/s1. The Labute approximate surface area is 147 Å². The van der Waals surface area contributed by atoms with Gasteiger partial charge in [0.2, 0.25) is 0 Å². The third kappa shape index (κ3) is 2.08. The van der Waals surface area contributed by atoms with Gasteiger partial charge in [-0.1, -0.05) is 33.6 Å². The van der Waals surface area contributed by atoms with Crippen LogP contribution in [0.25, 0.3) is 0 Å². The molecule has 0 aromatic heterocycles. The van der Waals surface area contributed by atoms with Crippen LogP contribution in [0, 0.1) is 34.5 Å². The van der Waals surface area contributed by atoms with Gasteiger partial charge in [-0.15, -0.1) is 11.6 Å². The molecule has 0 heterocycles. The van der Waals surface area contributed by atoms with Gasteiger partial charge in [0.1, 0.15) is 0 Å². The highest BCUT2D eigenvalue weighted by atomic mass is 35.5. The third-order valence-electron chi connectivity index (χ3n) is 9.38. The van der Waals surface area contributed by atoms with E-state index in [1.165, 1.54) is 44.9 Å². The van der Waals surface area contributed by atoms with Crippen molar-refractivity contribution in [3.8, 4) is 0 Å². The number of hydrogen-bond donors (Lipinski definition) is 1. The molecule has 132 valence electrons. The van der Waals surface area contributed by atoms with Crippen LogP contribution < -0.4 is 0 Å². The lowest BCUT2D eigenvalue weighted by Crippen LogP contribution is -2.59. The second kappa shape index (κ2) is 5.37. The van der Waals surface area contributed by atoms with Crippen LogP contribution >= 0.6 is 11.6 Å². The van der Waals surface area contributed by atoms with E-state index in [1.807, 2.05) is 0 Å². The molecule has 0 aliphatic heterocycles. The topological polar surface area (TPSA) is 20.2 Å². The molecule has 2 heteroatoms. The van der Waals surface area contributed by atoms with Crippen LogP contribution in [0.4, 0.5) is 0 Å². The van der Waals surface area contributed by atoms with Crippen LogP contribution in [-0.4, -0.2) is 16.1 Å². The lowest BCUT2D eigenvalue weighted by molar-refractivity contribution is -0.149. The summed E-state index contributed by atoms with van der Waals surface area (Å²) < 4.78 is 0. The fraction of sp³-hybridized carbons (Fsp3) is 1.00. The van der Waals surface area contributed by atoms with E-state index in [0.29, 0.717) is 17.3 Å². The molecule has 1 N–H and O–H groups in total. The second-order valence-corrected chi connectivity index (χ2v) is 10.4. The molecule has 0 aromatic rings. The zero-order valence-corrected chi connectivity index (χ0v) is 16.0. The van der Waals surface area contributed by atoms with Crippen LogP contribution in [0.5, 0.6) is 0 Å². The predicted octanol–water partition coefficient (Wildman–Crippen LogP) is 5.78. The van der Waals surface area contributed by atoms with Crippen LogP contribution in [0.2, 0.25) is 0 Å². The number of hydrogen-bond acceptors (Lipinski definition) is 1. The molecule has 1 unspecified atom stereocenters. The molecule has 4 aliphatic rings. The van der Waals surface area contributed by atoms with Gasteiger partial charge < -0.3 is 5.11 Å². The van der Waals surface area contributed by atoms with E-state index in [2.05, 4.69) is 20.8 Å². The summed E-state index contributed by atoms with van der Waals surface area (Å²) >= 11 is 7.13. The summed E-state index contributed by atoms with van der Waals surface area (Å²) in [5.41, 5.74) is 0.0507. The van der Waals surface area contributed by atoms with E-state index < -0.39 is 5.60 Å². The van der Waals surface area contributed by atoms with Gasteiger partial charge in [0.05, 0.1) is 5.60 Å². The Morgan fingerprint density at radius 1 is 1.04 bits per heavy atom. The number of aliphatic hydroxyl groups is 1. The Kier molecular flexibility index (Phi) is 3.90. The van der Waals surface area contributed by atoms with Gasteiger partial charge in [-0.2, -0.15) is 0 Å². The smallest absolute Gasteiger partial charge is 0.0701 e. The maximum absolute atomic E-state index is 11.3. The average molecular weight is 339 g/mol. The molecule has 0 radical (unpaired) electrons. The normalized spacial score (nSPS) is 59.1. The van der Waals surface area contributed by atoms with E-state index in [0.717, 1.165) is 31.1 Å². The summed E-state index contributed by atoms with van der Waals surface area (Å²) in [5.74, 6) is 3.07. The molecule has 0 amide bonds. The van der Waals surface area contributed by atoms with Gasteiger partial charge in [0.25, 0.3) is 0 Å². The number of rotatable bonds is 1. The van der Waals surface area contributed by atoms with Crippen molar-refractivity contribution in [1.29, 1.82) is 0 Å². The highest BCUT2D eigenvalue weighted by Gasteiger charge is 2.65. The minimum Gasteiger partial charge on any atom is -0.389 e. The molecule has 8 atom stereocenters. The molecular weight excluding hydrogens is 304 g/mol. The Bertz CT molecular complexity index is 478. The van der Waals surface area contributed by atoms with Crippen molar-refractivity contribution in [1.82, 2.24) is 0 Å². The molecule has 0 saturated heterocycles. The molecule has 4 aliphatic carbocycles. The quantitative estimate of drug-likeness (QED) is 0.601. The minimum absolute atomic E-state index is 0.0488. The molecule has 23 heavy (non-hydrogen) atoms. The van der Waals surface area contributed by atoms with Gasteiger partial charge in [0, 0.05) is 10.8 Å². The maximum atomic E-state index is 11.3. The first-order valence-corrected chi connectivity index (χ1v) is 10.7. The van der Waals surface area contributed by atoms with Gasteiger partial charge in [-0.25, -0.2) is 0 Å². The third-order valence-corrected chi connectivity index (χ3v) is 9.81. The minimum atomic E-state index is -0.472. The van der Waals surface area contributed by atoms with Gasteiger partial charge in [0.15, 0.2) is 0 Å². The summed E-state index contributed by atoms with van der Waals surface area (Å²) in [4.78, 5) is 0. The molecule has 0 aromatic carbocycles. The van der Waals surface area contributed by atoms with Crippen LogP contribution in [0.3, 0.4) is 0 Å². The van der Waals surface area contributed by atoms with Gasteiger partial charge >= 0.3 is 0 Å². The molecular formula is C21H35ClO. The summed E-state index contributed by atoms with van der Waals surface area (Å²) in [6.07, 6.45) is 12.6. The van der Waals surface area contributed by atoms with Crippen LogP contribution in [0.1, 0.15) is 85.0 Å². The molecule has 4 fully saturated rings. The zero-order chi connectivity index (χ0) is 16.5. The average Bonchev–Trinajstić information content (AvgIpc) is 2.78. The summed E-state index contributed by atoms with van der Waals surface area (Å²) in [5, 5.41) is 11.6. The Morgan fingerprint density at radius 3 is 2.57 bits per heavy atom. The highest BCUT2D eigenvalue weighted by molar-refractivity contribution is 6.21.